The number of rotatable bonds is 7. The van der Waals surface area contributed by atoms with Crippen molar-refractivity contribution in [2.75, 3.05) is 33.4 Å². The summed E-state index contributed by atoms with van der Waals surface area (Å²) in [5.41, 5.74) is 5.94. The number of hydrogen-bond donors (Lipinski definition) is 3. The molecule has 9 heteroatoms. The first-order valence-electron chi connectivity index (χ1n) is 7.57. The van der Waals surface area contributed by atoms with Gasteiger partial charge in [-0.05, 0) is 31.9 Å². The lowest BCUT2D eigenvalue weighted by atomic mass is 10.1. The van der Waals surface area contributed by atoms with Crippen molar-refractivity contribution in [3.05, 3.63) is 18.0 Å². The molecule has 0 aliphatic carbocycles. The maximum atomic E-state index is 12.5. The number of aromatic amines is 1. The summed E-state index contributed by atoms with van der Waals surface area (Å²) in [6.45, 7) is 3.57. The molecule has 1 aromatic heterocycles. The Bertz CT molecular complexity index is 643. The van der Waals surface area contributed by atoms with Gasteiger partial charge in [-0.15, -0.1) is 0 Å². The highest BCUT2D eigenvalue weighted by Gasteiger charge is 2.33. The maximum absolute atomic E-state index is 12.5. The fourth-order valence-electron chi connectivity index (χ4n) is 2.77. The van der Waals surface area contributed by atoms with Crippen LogP contribution in [0.25, 0.3) is 0 Å². The summed E-state index contributed by atoms with van der Waals surface area (Å²) in [6.07, 6.45) is 2.19. The first-order chi connectivity index (χ1) is 10.9. The molecule has 1 aliphatic rings. The van der Waals surface area contributed by atoms with Crippen LogP contribution in [0, 0.1) is 5.92 Å². The van der Waals surface area contributed by atoms with Gasteiger partial charge in [0.2, 0.25) is 10.0 Å². The Morgan fingerprint density at radius 3 is 2.91 bits per heavy atom. The van der Waals surface area contributed by atoms with Crippen molar-refractivity contribution >= 4 is 15.9 Å². The van der Waals surface area contributed by atoms with Crippen LogP contribution in [0.2, 0.25) is 0 Å². The van der Waals surface area contributed by atoms with E-state index in [0.29, 0.717) is 19.0 Å². The Balaban J connectivity index is 2.08. The number of sulfonamides is 1. The number of likely N-dealkylation sites (tertiary alicyclic amines) is 1. The minimum Gasteiger partial charge on any atom is -0.383 e. The summed E-state index contributed by atoms with van der Waals surface area (Å²) in [4.78, 5) is 17.1. The molecule has 130 valence electrons. The van der Waals surface area contributed by atoms with E-state index in [1.807, 2.05) is 6.92 Å². The summed E-state index contributed by atoms with van der Waals surface area (Å²) >= 11 is 0. The predicted molar refractivity (Wildman–Crippen MR) is 85.5 cm³/mol. The number of carbonyl (C=O) groups excluding carboxylic acids is 1. The maximum Gasteiger partial charge on any atom is 0.270 e. The van der Waals surface area contributed by atoms with Gasteiger partial charge in [-0.2, -0.15) is 0 Å². The molecule has 1 fully saturated rings. The first-order valence-corrected chi connectivity index (χ1v) is 9.05. The van der Waals surface area contributed by atoms with Gasteiger partial charge in [0.15, 0.2) is 0 Å². The van der Waals surface area contributed by atoms with Gasteiger partial charge in [0.05, 0.1) is 6.61 Å². The number of carbonyl (C=O) groups is 1. The highest BCUT2D eigenvalue weighted by molar-refractivity contribution is 7.89. The minimum atomic E-state index is -3.65. The van der Waals surface area contributed by atoms with Crippen LogP contribution in [0.5, 0.6) is 0 Å². The lowest BCUT2D eigenvalue weighted by Gasteiger charge is -2.20. The van der Waals surface area contributed by atoms with E-state index in [4.69, 9.17) is 10.5 Å². The van der Waals surface area contributed by atoms with Gasteiger partial charge in [0.25, 0.3) is 5.91 Å². The van der Waals surface area contributed by atoms with E-state index in [2.05, 4.69) is 9.71 Å². The van der Waals surface area contributed by atoms with Crippen molar-refractivity contribution in [1.82, 2.24) is 14.6 Å². The van der Waals surface area contributed by atoms with E-state index in [-0.39, 0.29) is 35.7 Å². The number of H-pyrrole nitrogens is 1. The lowest BCUT2D eigenvalue weighted by Crippen LogP contribution is -2.34. The highest BCUT2D eigenvalue weighted by Crippen LogP contribution is 2.24. The van der Waals surface area contributed by atoms with Gasteiger partial charge >= 0.3 is 0 Å². The molecule has 0 radical (unpaired) electrons. The van der Waals surface area contributed by atoms with Crippen LogP contribution in [-0.2, 0) is 14.8 Å². The van der Waals surface area contributed by atoms with Gasteiger partial charge in [0.1, 0.15) is 10.6 Å². The first kappa shape index (κ1) is 17.9. The molecule has 2 rings (SSSR count). The number of aromatic nitrogens is 1. The van der Waals surface area contributed by atoms with Crippen molar-refractivity contribution in [3.8, 4) is 0 Å². The van der Waals surface area contributed by atoms with Crippen LogP contribution in [0.3, 0.4) is 0 Å². The molecule has 1 aromatic rings. The van der Waals surface area contributed by atoms with E-state index < -0.39 is 10.0 Å². The highest BCUT2D eigenvalue weighted by atomic mass is 32.2. The van der Waals surface area contributed by atoms with E-state index in [1.54, 1.807) is 4.90 Å². The van der Waals surface area contributed by atoms with Crippen molar-refractivity contribution < 1.29 is 17.9 Å². The number of nitrogens with zero attached hydrogens (tertiary/aromatic N) is 1. The van der Waals surface area contributed by atoms with E-state index in [9.17, 15) is 13.2 Å². The number of hydrogen-bond acceptors (Lipinski definition) is 5. The molecule has 2 atom stereocenters. The third-order valence-electron chi connectivity index (χ3n) is 4.05. The van der Waals surface area contributed by atoms with Crippen LogP contribution in [0.4, 0.5) is 0 Å². The molecule has 0 bridgehead atoms. The molecular formula is C14H24N4O4S. The number of nitrogens with one attached hydrogen (secondary N) is 2. The van der Waals surface area contributed by atoms with Crippen molar-refractivity contribution in [2.45, 2.75) is 24.3 Å². The SMILES string of the molecule is COCCNS(=O)(=O)c1c[nH]c(C(=O)N2CC(CN)CC2C)c1. The van der Waals surface area contributed by atoms with Gasteiger partial charge in [0, 0.05) is 32.4 Å². The van der Waals surface area contributed by atoms with Crippen LogP contribution in [-0.4, -0.2) is 63.6 Å². The number of ether oxygens (including phenoxy) is 1. The molecule has 23 heavy (non-hydrogen) atoms. The van der Waals surface area contributed by atoms with Crippen molar-refractivity contribution in [1.29, 1.82) is 0 Å². The smallest absolute Gasteiger partial charge is 0.270 e. The molecule has 0 spiro atoms. The third kappa shape index (κ3) is 4.11. The fraction of sp³-hybridized carbons (Fsp3) is 0.643. The van der Waals surface area contributed by atoms with Gasteiger partial charge in [-0.25, -0.2) is 13.1 Å². The largest absolute Gasteiger partial charge is 0.383 e. The summed E-state index contributed by atoms with van der Waals surface area (Å²) in [7, 11) is -2.16. The van der Waals surface area contributed by atoms with Crippen LogP contribution < -0.4 is 10.5 Å². The second-order valence-corrected chi connectivity index (χ2v) is 7.55. The summed E-state index contributed by atoms with van der Waals surface area (Å²) in [5.74, 6) is 0.0922. The Hall–Kier alpha value is -1.42. The molecular weight excluding hydrogens is 320 g/mol. The molecule has 0 saturated carbocycles. The van der Waals surface area contributed by atoms with Gasteiger partial charge < -0.3 is 20.4 Å². The van der Waals surface area contributed by atoms with Crippen molar-refractivity contribution in [2.24, 2.45) is 11.7 Å². The summed E-state index contributed by atoms with van der Waals surface area (Å²) in [5, 5.41) is 0. The molecule has 2 unspecified atom stereocenters. The van der Waals surface area contributed by atoms with E-state index in [0.717, 1.165) is 6.42 Å². The second-order valence-electron chi connectivity index (χ2n) is 5.78. The number of methoxy groups -OCH3 is 1. The monoisotopic (exact) mass is 344 g/mol. The molecule has 4 N–H and O–H groups in total. The number of nitrogens with two attached hydrogens (primary N) is 1. The zero-order valence-electron chi connectivity index (χ0n) is 13.4. The molecule has 1 amide bonds. The van der Waals surface area contributed by atoms with Crippen molar-refractivity contribution in [3.63, 3.8) is 0 Å². The zero-order chi connectivity index (χ0) is 17.0. The third-order valence-corrected chi connectivity index (χ3v) is 5.49. The minimum absolute atomic E-state index is 0.0409. The van der Waals surface area contributed by atoms with Crippen LogP contribution in [0.1, 0.15) is 23.8 Å². The average Bonchev–Trinajstić information content (AvgIpc) is 3.13. The molecule has 1 aliphatic heterocycles. The molecule has 8 nitrogen and oxygen atoms in total. The van der Waals surface area contributed by atoms with E-state index in [1.165, 1.54) is 19.4 Å². The zero-order valence-corrected chi connectivity index (χ0v) is 14.2. The Labute approximate surface area is 136 Å². The van der Waals surface area contributed by atoms with Crippen LogP contribution >= 0.6 is 0 Å². The average molecular weight is 344 g/mol. The lowest BCUT2D eigenvalue weighted by molar-refractivity contribution is 0.0738. The van der Waals surface area contributed by atoms with Crippen LogP contribution in [0.15, 0.2) is 17.2 Å². The fourth-order valence-corrected chi connectivity index (χ4v) is 3.77. The summed E-state index contributed by atoms with van der Waals surface area (Å²) < 4.78 is 31.4. The van der Waals surface area contributed by atoms with Gasteiger partial charge in [-0.3, -0.25) is 4.79 Å². The standard InChI is InChI=1S/C14H24N4O4S/c1-10-5-11(7-15)9-18(10)14(19)13-6-12(8-16-13)23(20,21)17-3-4-22-2/h6,8,10-11,16-17H,3-5,7,9,15H2,1-2H3. The second kappa shape index (κ2) is 7.43. The molecule has 2 heterocycles. The molecule has 1 saturated heterocycles. The van der Waals surface area contributed by atoms with E-state index >= 15 is 0 Å². The summed E-state index contributed by atoms with van der Waals surface area (Å²) in [6, 6.07) is 1.46. The molecule has 0 aromatic carbocycles. The Morgan fingerprint density at radius 1 is 1.57 bits per heavy atom. The Morgan fingerprint density at radius 2 is 2.30 bits per heavy atom. The quantitative estimate of drug-likeness (QED) is 0.590. The Kier molecular flexibility index (Phi) is 5.79. The predicted octanol–water partition coefficient (Wildman–Crippen LogP) is -0.251. The van der Waals surface area contributed by atoms with Gasteiger partial charge in [-0.1, -0.05) is 0 Å². The normalized spacial score (nSPS) is 21.8. The number of amides is 1. The topological polar surface area (TPSA) is 118 Å².